The van der Waals surface area contributed by atoms with Gasteiger partial charge in [0.1, 0.15) is 0 Å². The summed E-state index contributed by atoms with van der Waals surface area (Å²) in [6, 6.07) is 22.2. The predicted molar refractivity (Wildman–Crippen MR) is 150 cm³/mol. The van der Waals surface area contributed by atoms with Gasteiger partial charge in [-0.3, -0.25) is 14.9 Å². The van der Waals surface area contributed by atoms with Crippen LogP contribution in [0.25, 0.3) is 0 Å². The van der Waals surface area contributed by atoms with Crippen molar-refractivity contribution in [3.05, 3.63) is 111 Å². The Bertz CT molecular complexity index is 1420. The van der Waals surface area contributed by atoms with Crippen LogP contribution >= 0.6 is 0 Å². The number of nitrogens with zero attached hydrogens (tertiary/aromatic N) is 1. The van der Waals surface area contributed by atoms with Crippen LogP contribution in [0.15, 0.2) is 78.9 Å². The Morgan fingerprint density at radius 2 is 1.73 bits per heavy atom. The summed E-state index contributed by atoms with van der Waals surface area (Å²) >= 11 is 0. The van der Waals surface area contributed by atoms with Crippen molar-refractivity contribution >= 4 is 21.6 Å². The molecule has 3 aromatic carbocycles. The van der Waals surface area contributed by atoms with Crippen LogP contribution in [0, 0.1) is 16.0 Å². The van der Waals surface area contributed by atoms with Crippen LogP contribution in [0.5, 0.6) is 0 Å². The molecule has 0 radical (unpaired) electrons. The number of carbonyl (C=O) groups is 1. The highest BCUT2D eigenvalue weighted by Crippen LogP contribution is 2.33. The van der Waals surface area contributed by atoms with Gasteiger partial charge in [0.2, 0.25) is 15.9 Å². The topological polar surface area (TPSA) is 148 Å². The monoisotopic (exact) mass is 567 g/mol. The molecular formula is C29H33N3O7S. The molecule has 1 amide bonds. The first-order chi connectivity index (χ1) is 19.1. The molecule has 3 N–H and O–H groups in total. The van der Waals surface area contributed by atoms with Crippen molar-refractivity contribution in [3.8, 4) is 0 Å². The lowest BCUT2D eigenvalue weighted by Gasteiger charge is -2.25. The number of nitro benzene ring substituents is 1. The van der Waals surface area contributed by atoms with Gasteiger partial charge in [0, 0.05) is 38.1 Å². The van der Waals surface area contributed by atoms with Crippen molar-refractivity contribution in [2.24, 2.45) is 5.92 Å². The molecular weight excluding hydrogens is 534 g/mol. The van der Waals surface area contributed by atoms with E-state index in [1.54, 1.807) is 7.11 Å². The number of fused-ring (bicyclic) bond motifs is 1. The summed E-state index contributed by atoms with van der Waals surface area (Å²) in [7, 11) is -2.22. The van der Waals surface area contributed by atoms with Crippen LogP contribution in [0.2, 0.25) is 0 Å². The molecule has 0 saturated carbocycles. The first kappa shape index (κ1) is 29.3. The van der Waals surface area contributed by atoms with Crippen LogP contribution in [-0.4, -0.2) is 50.2 Å². The summed E-state index contributed by atoms with van der Waals surface area (Å²) in [6.07, 6.45) is -0.256. The van der Waals surface area contributed by atoms with E-state index in [-0.39, 0.29) is 36.7 Å². The number of nitrogens with one attached hydrogen (secondary N) is 2. The van der Waals surface area contributed by atoms with E-state index >= 15 is 0 Å². The highest BCUT2D eigenvalue weighted by molar-refractivity contribution is 7.88. The Morgan fingerprint density at radius 3 is 2.40 bits per heavy atom. The minimum absolute atomic E-state index is 0.0345. The fourth-order valence-corrected chi connectivity index (χ4v) is 6.20. The molecule has 0 fully saturated rings. The van der Waals surface area contributed by atoms with Crippen molar-refractivity contribution in [1.82, 2.24) is 10.0 Å². The Balaban J connectivity index is 1.41. The molecule has 11 heteroatoms. The fourth-order valence-electron chi connectivity index (χ4n) is 5.02. The summed E-state index contributed by atoms with van der Waals surface area (Å²) in [4.78, 5) is 23.8. The predicted octanol–water partition coefficient (Wildman–Crippen LogP) is 3.05. The number of aliphatic hydroxyl groups is 1. The molecule has 0 spiro atoms. The summed E-state index contributed by atoms with van der Waals surface area (Å²) < 4.78 is 33.2. The molecule has 0 aromatic heterocycles. The summed E-state index contributed by atoms with van der Waals surface area (Å²) in [6.45, 7) is -0.277. The van der Waals surface area contributed by atoms with Crippen molar-refractivity contribution < 1.29 is 28.0 Å². The standard InChI is InChI=1S/C29H33N3O7S/c1-39-27-17-22-9-5-6-10-26(22)28(27)31-29(34)23(15-20-7-3-2-4-8-20)16-25(33)18-30-40(37,38)19-21-11-13-24(14-12-21)32(35)36/h2-14,23,25,27-28,30,33H,15-19H2,1H3,(H,31,34)/t23-,25+,27-,28?/m1/s1. The average Bonchev–Trinajstić information content (AvgIpc) is 3.29. The van der Waals surface area contributed by atoms with Crippen LogP contribution in [0.3, 0.4) is 0 Å². The molecule has 1 aliphatic rings. The molecule has 1 unspecified atom stereocenters. The number of ether oxygens (including phenoxy) is 1. The Morgan fingerprint density at radius 1 is 1.05 bits per heavy atom. The number of methoxy groups -OCH3 is 1. The van der Waals surface area contributed by atoms with E-state index in [4.69, 9.17) is 4.74 Å². The number of rotatable bonds is 13. The Hall–Kier alpha value is -3.64. The number of hydrogen-bond donors (Lipinski definition) is 3. The van der Waals surface area contributed by atoms with Gasteiger partial charge in [0.25, 0.3) is 5.69 Å². The molecule has 212 valence electrons. The third-order valence-corrected chi connectivity index (χ3v) is 8.40. The van der Waals surface area contributed by atoms with Gasteiger partial charge in [-0.1, -0.05) is 66.7 Å². The van der Waals surface area contributed by atoms with Crippen molar-refractivity contribution in [2.75, 3.05) is 13.7 Å². The number of sulfonamides is 1. The third-order valence-electron chi connectivity index (χ3n) is 7.08. The highest BCUT2D eigenvalue weighted by atomic mass is 32.2. The second kappa shape index (κ2) is 13.1. The largest absolute Gasteiger partial charge is 0.392 e. The molecule has 4 atom stereocenters. The Kier molecular flexibility index (Phi) is 9.64. The van der Waals surface area contributed by atoms with E-state index in [1.807, 2.05) is 54.6 Å². The number of carbonyl (C=O) groups excluding carboxylic acids is 1. The van der Waals surface area contributed by atoms with Gasteiger partial charge in [-0.25, -0.2) is 13.1 Å². The lowest BCUT2D eigenvalue weighted by Crippen LogP contribution is -2.41. The van der Waals surface area contributed by atoms with E-state index in [2.05, 4.69) is 10.0 Å². The zero-order chi connectivity index (χ0) is 28.7. The highest BCUT2D eigenvalue weighted by Gasteiger charge is 2.35. The Labute approximate surface area is 233 Å². The number of hydrogen-bond acceptors (Lipinski definition) is 7. The maximum Gasteiger partial charge on any atom is 0.269 e. The maximum absolute atomic E-state index is 13.6. The number of nitro groups is 1. The minimum atomic E-state index is -3.84. The molecule has 0 heterocycles. The van der Waals surface area contributed by atoms with E-state index in [0.717, 1.165) is 16.7 Å². The first-order valence-corrected chi connectivity index (χ1v) is 14.6. The van der Waals surface area contributed by atoms with Crippen LogP contribution in [0.1, 0.15) is 34.7 Å². The average molecular weight is 568 g/mol. The normalized spacial score (nSPS) is 18.1. The van der Waals surface area contributed by atoms with Crippen LogP contribution in [-0.2, 0) is 38.1 Å². The number of non-ortho nitro benzene ring substituents is 1. The zero-order valence-electron chi connectivity index (χ0n) is 22.1. The summed E-state index contributed by atoms with van der Waals surface area (Å²) in [5, 5.41) is 24.7. The molecule has 40 heavy (non-hydrogen) atoms. The fraction of sp³-hybridized carbons (Fsp3) is 0.345. The van der Waals surface area contributed by atoms with Crippen molar-refractivity contribution in [3.63, 3.8) is 0 Å². The van der Waals surface area contributed by atoms with Gasteiger partial charge < -0.3 is 15.2 Å². The maximum atomic E-state index is 13.6. The second-order valence-corrected chi connectivity index (χ2v) is 11.8. The van der Waals surface area contributed by atoms with Gasteiger partial charge >= 0.3 is 0 Å². The van der Waals surface area contributed by atoms with Crippen LogP contribution < -0.4 is 10.0 Å². The molecule has 0 bridgehead atoms. The first-order valence-electron chi connectivity index (χ1n) is 13.0. The molecule has 0 aliphatic heterocycles. The van der Waals surface area contributed by atoms with Gasteiger partial charge in [-0.15, -0.1) is 0 Å². The van der Waals surface area contributed by atoms with E-state index in [9.17, 15) is 28.4 Å². The van der Waals surface area contributed by atoms with E-state index < -0.39 is 32.7 Å². The molecule has 3 aromatic rings. The molecule has 1 aliphatic carbocycles. The zero-order valence-corrected chi connectivity index (χ0v) is 22.9. The van der Waals surface area contributed by atoms with Gasteiger partial charge in [0.05, 0.1) is 28.9 Å². The molecule has 0 saturated heterocycles. The van der Waals surface area contributed by atoms with Crippen molar-refractivity contribution in [1.29, 1.82) is 0 Å². The van der Waals surface area contributed by atoms with Crippen molar-refractivity contribution in [2.45, 2.75) is 43.3 Å². The van der Waals surface area contributed by atoms with E-state index in [1.165, 1.54) is 24.3 Å². The van der Waals surface area contributed by atoms with Crippen LogP contribution in [0.4, 0.5) is 5.69 Å². The van der Waals surface area contributed by atoms with E-state index in [0.29, 0.717) is 18.4 Å². The molecule has 4 rings (SSSR count). The number of amides is 1. The van der Waals surface area contributed by atoms with Gasteiger partial charge in [-0.2, -0.15) is 0 Å². The minimum Gasteiger partial charge on any atom is -0.392 e. The van der Waals surface area contributed by atoms with Gasteiger partial charge in [0.15, 0.2) is 0 Å². The number of aliphatic hydroxyl groups excluding tert-OH is 1. The summed E-state index contributed by atoms with van der Waals surface area (Å²) in [5.74, 6) is -1.27. The summed E-state index contributed by atoms with van der Waals surface area (Å²) in [5.41, 5.74) is 3.27. The lowest BCUT2D eigenvalue weighted by atomic mass is 9.92. The molecule has 10 nitrogen and oxygen atoms in total. The number of benzene rings is 3. The second-order valence-electron chi connectivity index (χ2n) is 9.97. The smallest absolute Gasteiger partial charge is 0.269 e. The third kappa shape index (κ3) is 7.72. The lowest BCUT2D eigenvalue weighted by molar-refractivity contribution is -0.384. The quantitative estimate of drug-likeness (QED) is 0.212. The van der Waals surface area contributed by atoms with Gasteiger partial charge in [-0.05, 0) is 35.1 Å². The SMILES string of the molecule is CO[C@@H]1Cc2ccccc2C1NC(=O)[C@H](Cc1ccccc1)C[C@H](O)CNS(=O)(=O)Cc1ccc([N+](=O)[O-])cc1.